The van der Waals surface area contributed by atoms with Gasteiger partial charge in [-0.2, -0.15) is 15.4 Å². The van der Waals surface area contributed by atoms with Gasteiger partial charge in [-0.05, 0) is 36.8 Å². The van der Waals surface area contributed by atoms with Crippen molar-refractivity contribution >= 4 is 34.2 Å². The number of aromatic nitrogens is 3. The molecule has 4 rings (SSSR count). The third-order valence-corrected chi connectivity index (χ3v) is 4.09. The van der Waals surface area contributed by atoms with Crippen LogP contribution >= 0.6 is 0 Å². The molecule has 0 spiro atoms. The standard InChI is InChI=1S/C17H15N5O2/c23-16-6-3-9-22(16)15-5-2-1-4-13(15)18-17(24)11-7-8-12-14(10-11)20-21-19-12/h1-2,4-5,7-8,10H,3,6,9H2,(H,18,24)(H,19,20,21). The topological polar surface area (TPSA) is 91.0 Å². The minimum atomic E-state index is -0.251. The van der Waals surface area contributed by atoms with Crippen molar-refractivity contribution in [2.45, 2.75) is 12.8 Å². The molecular formula is C17H15N5O2. The molecular weight excluding hydrogens is 306 g/mol. The highest BCUT2D eigenvalue weighted by molar-refractivity contribution is 6.09. The number of H-pyrrole nitrogens is 1. The first-order valence-corrected chi connectivity index (χ1v) is 7.74. The molecule has 3 aromatic rings. The molecule has 0 unspecified atom stereocenters. The normalized spacial score (nSPS) is 14.3. The predicted molar refractivity (Wildman–Crippen MR) is 89.9 cm³/mol. The highest BCUT2D eigenvalue weighted by Crippen LogP contribution is 2.29. The number of amides is 2. The van der Waals surface area contributed by atoms with Crippen LogP contribution in [0.15, 0.2) is 42.5 Å². The van der Waals surface area contributed by atoms with E-state index in [1.54, 1.807) is 29.2 Å². The van der Waals surface area contributed by atoms with Gasteiger partial charge >= 0.3 is 0 Å². The van der Waals surface area contributed by atoms with Gasteiger partial charge in [-0.3, -0.25) is 9.59 Å². The van der Waals surface area contributed by atoms with E-state index in [4.69, 9.17) is 0 Å². The van der Waals surface area contributed by atoms with Crippen molar-refractivity contribution in [3.63, 3.8) is 0 Å². The summed E-state index contributed by atoms with van der Waals surface area (Å²) in [6.07, 6.45) is 1.38. The summed E-state index contributed by atoms with van der Waals surface area (Å²) in [6.45, 7) is 0.677. The van der Waals surface area contributed by atoms with Gasteiger partial charge in [-0.15, -0.1) is 0 Å². The van der Waals surface area contributed by atoms with Gasteiger partial charge in [0.2, 0.25) is 5.91 Å². The zero-order chi connectivity index (χ0) is 16.5. The van der Waals surface area contributed by atoms with Crippen LogP contribution in [0.4, 0.5) is 11.4 Å². The van der Waals surface area contributed by atoms with Crippen LogP contribution < -0.4 is 10.2 Å². The molecule has 2 N–H and O–H groups in total. The molecule has 1 fully saturated rings. The van der Waals surface area contributed by atoms with Gasteiger partial charge in [0.05, 0.1) is 11.4 Å². The van der Waals surface area contributed by atoms with Gasteiger partial charge in [0.15, 0.2) is 0 Å². The van der Waals surface area contributed by atoms with Crippen LogP contribution in [-0.4, -0.2) is 33.8 Å². The van der Waals surface area contributed by atoms with E-state index >= 15 is 0 Å². The van der Waals surface area contributed by atoms with Crippen molar-refractivity contribution in [3.8, 4) is 0 Å². The Morgan fingerprint density at radius 2 is 1.96 bits per heavy atom. The highest BCUT2D eigenvalue weighted by Gasteiger charge is 2.24. The number of benzene rings is 2. The number of aromatic amines is 1. The van der Waals surface area contributed by atoms with Crippen LogP contribution in [-0.2, 0) is 4.79 Å². The number of hydrogen-bond acceptors (Lipinski definition) is 4. The maximum atomic E-state index is 12.6. The summed E-state index contributed by atoms with van der Waals surface area (Å²) in [5.41, 5.74) is 3.17. The number of nitrogens with zero attached hydrogens (tertiary/aromatic N) is 3. The quantitative estimate of drug-likeness (QED) is 0.774. The molecule has 0 radical (unpaired) electrons. The van der Waals surface area contributed by atoms with Crippen molar-refractivity contribution in [2.24, 2.45) is 0 Å². The minimum Gasteiger partial charge on any atom is -0.320 e. The molecule has 0 atom stereocenters. The van der Waals surface area contributed by atoms with Gasteiger partial charge < -0.3 is 10.2 Å². The Balaban J connectivity index is 1.63. The van der Waals surface area contributed by atoms with Gasteiger partial charge in [0.1, 0.15) is 11.0 Å². The Hall–Kier alpha value is -3.22. The molecule has 0 bridgehead atoms. The van der Waals surface area contributed by atoms with E-state index in [0.29, 0.717) is 35.2 Å². The second-order valence-corrected chi connectivity index (χ2v) is 5.65. The van der Waals surface area contributed by atoms with Crippen LogP contribution in [0.25, 0.3) is 11.0 Å². The third-order valence-electron chi connectivity index (χ3n) is 4.09. The van der Waals surface area contributed by atoms with Crippen LogP contribution in [0.2, 0.25) is 0 Å². The lowest BCUT2D eigenvalue weighted by Gasteiger charge is -2.20. The van der Waals surface area contributed by atoms with Gasteiger partial charge in [0.25, 0.3) is 5.91 Å². The average molecular weight is 321 g/mol. The summed E-state index contributed by atoms with van der Waals surface area (Å²) < 4.78 is 0. The minimum absolute atomic E-state index is 0.0840. The van der Waals surface area contributed by atoms with Crippen molar-refractivity contribution in [2.75, 3.05) is 16.8 Å². The maximum absolute atomic E-state index is 12.6. The fourth-order valence-corrected chi connectivity index (χ4v) is 2.89. The maximum Gasteiger partial charge on any atom is 0.255 e. The molecule has 1 aliphatic rings. The lowest BCUT2D eigenvalue weighted by Crippen LogP contribution is -2.25. The van der Waals surface area contributed by atoms with Crippen LogP contribution in [0.1, 0.15) is 23.2 Å². The average Bonchev–Trinajstić information content (AvgIpc) is 3.23. The molecule has 24 heavy (non-hydrogen) atoms. The van der Waals surface area contributed by atoms with E-state index in [0.717, 1.165) is 12.1 Å². The fraction of sp³-hybridized carbons (Fsp3) is 0.176. The summed E-state index contributed by atoms with van der Waals surface area (Å²) in [5, 5.41) is 13.4. The molecule has 120 valence electrons. The van der Waals surface area contributed by atoms with Crippen molar-refractivity contribution in [1.82, 2.24) is 15.4 Å². The van der Waals surface area contributed by atoms with E-state index < -0.39 is 0 Å². The third kappa shape index (κ3) is 2.50. The first-order chi connectivity index (χ1) is 11.7. The lowest BCUT2D eigenvalue weighted by atomic mass is 10.1. The van der Waals surface area contributed by atoms with Crippen LogP contribution in [0.5, 0.6) is 0 Å². The van der Waals surface area contributed by atoms with Crippen LogP contribution in [0, 0.1) is 0 Å². The largest absolute Gasteiger partial charge is 0.320 e. The first-order valence-electron chi connectivity index (χ1n) is 7.74. The number of rotatable bonds is 3. The zero-order valence-corrected chi connectivity index (χ0v) is 12.8. The SMILES string of the molecule is O=C(Nc1ccccc1N1CCCC1=O)c1ccc2n[nH]nc2c1. The molecule has 1 saturated heterocycles. The van der Waals surface area contributed by atoms with E-state index in [9.17, 15) is 9.59 Å². The first kappa shape index (κ1) is 14.4. The molecule has 1 aromatic heterocycles. The summed E-state index contributed by atoms with van der Waals surface area (Å²) >= 11 is 0. The number of para-hydroxylation sites is 2. The number of anilines is 2. The molecule has 2 aromatic carbocycles. The highest BCUT2D eigenvalue weighted by atomic mass is 16.2. The Morgan fingerprint density at radius 3 is 2.79 bits per heavy atom. The monoisotopic (exact) mass is 321 g/mol. The Bertz CT molecular complexity index is 933. The van der Waals surface area contributed by atoms with Crippen LogP contribution in [0.3, 0.4) is 0 Å². The molecule has 0 saturated carbocycles. The number of hydrogen-bond donors (Lipinski definition) is 2. The zero-order valence-electron chi connectivity index (χ0n) is 12.8. The summed E-state index contributed by atoms with van der Waals surface area (Å²) in [6, 6.07) is 12.5. The Labute approximate surface area is 137 Å². The number of carbonyl (C=O) groups is 2. The number of fused-ring (bicyclic) bond motifs is 1. The fourth-order valence-electron chi connectivity index (χ4n) is 2.89. The van der Waals surface area contributed by atoms with Crippen molar-refractivity contribution in [3.05, 3.63) is 48.0 Å². The summed E-state index contributed by atoms with van der Waals surface area (Å²) in [4.78, 5) is 26.3. The number of carbonyl (C=O) groups excluding carboxylic acids is 2. The molecule has 7 nitrogen and oxygen atoms in total. The Kier molecular flexibility index (Phi) is 3.45. The summed E-state index contributed by atoms with van der Waals surface area (Å²) in [7, 11) is 0. The second-order valence-electron chi connectivity index (χ2n) is 5.65. The Morgan fingerprint density at radius 1 is 1.12 bits per heavy atom. The smallest absolute Gasteiger partial charge is 0.255 e. The van der Waals surface area contributed by atoms with Crippen molar-refractivity contribution < 1.29 is 9.59 Å². The predicted octanol–water partition coefficient (Wildman–Crippen LogP) is 2.34. The molecule has 7 heteroatoms. The van der Waals surface area contributed by atoms with Gasteiger partial charge in [-0.25, -0.2) is 0 Å². The summed E-state index contributed by atoms with van der Waals surface area (Å²) in [5.74, 6) is -0.167. The van der Waals surface area contributed by atoms with E-state index in [-0.39, 0.29) is 11.8 Å². The molecule has 0 aliphatic carbocycles. The molecule has 1 aliphatic heterocycles. The second kappa shape index (κ2) is 5.77. The lowest BCUT2D eigenvalue weighted by molar-refractivity contribution is -0.117. The van der Waals surface area contributed by atoms with Crippen molar-refractivity contribution in [1.29, 1.82) is 0 Å². The van der Waals surface area contributed by atoms with E-state index in [1.165, 1.54) is 0 Å². The molecule has 2 heterocycles. The van der Waals surface area contributed by atoms with Gasteiger partial charge in [0, 0.05) is 18.5 Å². The van der Waals surface area contributed by atoms with Gasteiger partial charge in [-0.1, -0.05) is 12.1 Å². The van der Waals surface area contributed by atoms with E-state index in [2.05, 4.69) is 20.7 Å². The van der Waals surface area contributed by atoms with E-state index in [1.807, 2.05) is 18.2 Å². The number of nitrogens with one attached hydrogen (secondary N) is 2. The molecule has 2 amide bonds.